The van der Waals surface area contributed by atoms with Crippen LogP contribution >= 0.6 is 0 Å². The van der Waals surface area contributed by atoms with Gasteiger partial charge in [-0.2, -0.15) is 5.26 Å². The summed E-state index contributed by atoms with van der Waals surface area (Å²) >= 11 is 0. The lowest BCUT2D eigenvalue weighted by atomic mass is 10.1. The number of hydrogen-bond donors (Lipinski definition) is 0. The molecular formula is C11H11NO2. The first-order valence-electron chi connectivity index (χ1n) is 4.33. The molecule has 0 saturated carbocycles. The second-order valence-electron chi connectivity index (χ2n) is 2.92. The lowest BCUT2D eigenvalue weighted by molar-refractivity contribution is -0.143. The number of esters is 1. The zero-order chi connectivity index (χ0) is 10.4. The zero-order valence-corrected chi connectivity index (χ0v) is 7.93. The van der Waals surface area contributed by atoms with Gasteiger partial charge in [0.2, 0.25) is 0 Å². The normalized spacial score (nSPS) is 11.4. The Balaban J connectivity index is 2.58. The van der Waals surface area contributed by atoms with Crippen LogP contribution in [0.1, 0.15) is 12.5 Å². The lowest BCUT2D eigenvalue weighted by Gasteiger charge is -2.08. The molecule has 3 nitrogen and oxygen atoms in total. The number of carbonyl (C=O) groups excluding carboxylic acids is 1. The molecule has 0 radical (unpaired) electrons. The van der Waals surface area contributed by atoms with Crippen molar-refractivity contribution in [3.05, 3.63) is 35.9 Å². The third kappa shape index (κ3) is 3.28. The van der Waals surface area contributed by atoms with Crippen LogP contribution in [0.5, 0.6) is 0 Å². The Bertz CT molecular complexity index is 340. The molecule has 0 N–H and O–H groups in total. The third-order valence-corrected chi connectivity index (χ3v) is 1.72. The lowest BCUT2D eigenvalue weighted by Crippen LogP contribution is -2.16. The van der Waals surface area contributed by atoms with Crippen LogP contribution in [0.2, 0.25) is 0 Å². The fraction of sp³-hybridized carbons (Fsp3) is 0.273. The molecule has 0 spiro atoms. The van der Waals surface area contributed by atoms with Gasteiger partial charge in [-0.05, 0) is 5.56 Å². The van der Waals surface area contributed by atoms with Gasteiger partial charge in [0, 0.05) is 13.3 Å². The van der Waals surface area contributed by atoms with Gasteiger partial charge in [0.05, 0.1) is 0 Å². The first-order chi connectivity index (χ1) is 6.72. The average molecular weight is 189 g/mol. The van der Waals surface area contributed by atoms with E-state index in [1.54, 1.807) is 0 Å². The first kappa shape index (κ1) is 10.3. The van der Waals surface area contributed by atoms with Gasteiger partial charge in [-0.15, -0.1) is 0 Å². The highest BCUT2D eigenvalue weighted by Crippen LogP contribution is 2.05. The molecule has 1 rings (SSSR count). The molecule has 14 heavy (non-hydrogen) atoms. The molecule has 3 heteroatoms. The number of benzene rings is 1. The third-order valence-electron chi connectivity index (χ3n) is 1.72. The van der Waals surface area contributed by atoms with Crippen molar-refractivity contribution >= 4 is 5.97 Å². The molecule has 0 aliphatic carbocycles. The molecule has 72 valence electrons. The van der Waals surface area contributed by atoms with Crippen molar-refractivity contribution in [1.29, 1.82) is 5.26 Å². The summed E-state index contributed by atoms with van der Waals surface area (Å²) in [5, 5.41) is 8.71. The zero-order valence-electron chi connectivity index (χ0n) is 7.93. The fourth-order valence-electron chi connectivity index (χ4n) is 1.14. The SMILES string of the molecule is CC(=O)O[C@H](C#N)Cc1ccccc1. The molecule has 0 aliphatic heterocycles. The summed E-state index contributed by atoms with van der Waals surface area (Å²) in [5.74, 6) is -0.424. The summed E-state index contributed by atoms with van der Waals surface area (Å²) in [6, 6.07) is 11.4. The summed E-state index contributed by atoms with van der Waals surface area (Å²) in [6.07, 6.45) is -0.244. The summed E-state index contributed by atoms with van der Waals surface area (Å²) < 4.78 is 4.80. The minimum absolute atomic E-state index is 0.424. The van der Waals surface area contributed by atoms with Crippen molar-refractivity contribution in [2.24, 2.45) is 0 Å². The Morgan fingerprint density at radius 3 is 2.64 bits per heavy atom. The first-order valence-corrected chi connectivity index (χ1v) is 4.33. The van der Waals surface area contributed by atoms with Gasteiger partial charge in [-0.3, -0.25) is 4.79 Å². The second kappa shape index (κ2) is 5.03. The van der Waals surface area contributed by atoms with Crippen molar-refractivity contribution in [3.63, 3.8) is 0 Å². The van der Waals surface area contributed by atoms with Gasteiger partial charge in [0.15, 0.2) is 6.10 Å². The van der Waals surface area contributed by atoms with Crippen molar-refractivity contribution in [2.75, 3.05) is 0 Å². The van der Waals surface area contributed by atoms with E-state index in [2.05, 4.69) is 0 Å². The number of ether oxygens (including phenoxy) is 1. The van der Waals surface area contributed by atoms with E-state index in [-0.39, 0.29) is 0 Å². The Morgan fingerprint density at radius 1 is 1.50 bits per heavy atom. The van der Waals surface area contributed by atoms with E-state index < -0.39 is 12.1 Å². The van der Waals surface area contributed by atoms with Crippen molar-refractivity contribution < 1.29 is 9.53 Å². The highest BCUT2D eigenvalue weighted by Gasteiger charge is 2.10. The van der Waals surface area contributed by atoms with Crippen LogP contribution in [0, 0.1) is 11.3 Å². The molecule has 0 heterocycles. The van der Waals surface area contributed by atoms with Gasteiger partial charge in [-0.1, -0.05) is 30.3 Å². The predicted octanol–water partition coefficient (Wildman–Crippen LogP) is 1.68. The van der Waals surface area contributed by atoms with E-state index >= 15 is 0 Å². The predicted molar refractivity (Wildman–Crippen MR) is 51.3 cm³/mol. The van der Waals surface area contributed by atoms with Crippen LogP contribution < -0.4 is 0 Å². The minimum Gasteiger partial charge on any atom is -0.447 e. The molecule has 0 saturated heterocycles. The van der Waals surface area contributed by atoms with E-state index in [4.69, 9.17) is 10.00 Å². The average Bonchev–Trinajstić information content (AvgIpc) is 2.17. The Morgan fingerprint density at radius 2 is 2.14 bits per heavy atom. The fourth-order valence-corrected chi connectivity index (χ4v) is 1.14. The standard InChI is InChI=1S/C11H11NO2/c1-9(13)14-11(8-12)7-10-5-3-2-4-6-10/h2-6,11H,7H2,1H3/t11-/m0/s1. The summed E-state index contributed by atoms with van der Waals surface area (Å²) in [5.41, 5.74) is 0.986. The highest BCUT2D eigenvalue weighted by atomic mass is 16.5. The number of rotatable bonds is 3. The van der Waals surface area contributed by atoms with E-state index in [0.717, 1.165) is 5.56 Å². The second-order valence-corrected chi connectivity index (χ2v) is 2.92. The quantitative estimate of drug-likeness (QED) is 0.680. The van der Waals surface area contributed by atoms with Crippen molar-refractivity contribution in [2.45, 2.75) is 19.4 Å². The molecule has 1 aromatic carbocycles. The number of hydrogen-bond acceptors (Lipinski definition) is 3. The molecule has 1 atom stereocenters. The largest absolute Gasteiger partial charge is 0.447 e. The molecule has 0 aliphatic rings. The maximum absolute atomic E-state index is 10.6. The van der Waals surface area contributed by atoms with Gasteiger partial charge < -0.3 is 4.74 Å². The Labute approximate surface area is 82.9 Å². The van der Waals surface area contributed by atoms with Crippen molar-refractivity contribution in [3.8, 4) is 6.07 Å². The van der Waals surface area contributed by atoms with E-state index in [1.807, 2.05) is 36.4 Å². The molecule has 0 aromatic heterocycles. The summed E-state index contributed by atoms with van der Waals surface area (Å²) in [6.45, 7) is 1.30. The highest BCUT2D eigenvalue weighted by molar-refractivity contribution is 5.66. The Hall–Kier alpha value is -1.82. The van der Waals surface area contributed by atoms with Gasteiger partial charge in [0.25, 0.3) is 0 Å². The summed E-state index contributed by atoms with van der Waals surface area (Å²) in [4.78, 5) is 10.6. The molecule has 1 aromatic rings. The maximum Gasteiger partial charge on any atom is 0.303 e. The summed E-state index contributed by atoms with van der Waals surface area (Å²) in [7, 11) is 0. The monoisotopic (exact) mass is 189 g/mol. The van der Waals surface area contributed by atoms with Crippen LogP contribution in [0.3, 0.4) is 0 Å². The number of carbonyl (C=O) groups is 1. The van der Waals surface area contributed by atoms with Crippen LogP contribution in [-0.4, -0.2) is 12.1 Å². The van der Waals surface area contributed by atoms with Crippen LogP contribution in [0.15, 0.2) is 30.3 Å². The van der Waals surface area contributed by atoms with Gasteiger partial charge in [0.1, 0.15) is 6.07 Å². The minimum atomic E-state index is -0.685. The smallest absolute Gasteiger partial charge is 0.303 e. The molecule has 0 unspecified atom stereocenters. The number of nitrogens with zero attached hydrogens (tertiary/aromatic N) is 1. The topological polar surface area (TPSA) is 50.1 Å². The van der Waals surface area contributed by atoms with Crippen molar-refractivity contribution in [1.82, 2.24) is 0 Å². The van der Waals surface area contributed by atoms with E-state index in [0.29, 0.717) is 6.42 Å². The molecule has 0 fully saturated rings. The van der Waals surface area contributed by atoms with Crippen LogP contribution in [0.25, 0.3) is 0 Å². The van der Waals surface area contributed by atoms with Gasteiger partial charge >= 0.3 is 5.97 Å². The van der Waals surface area contributed by atoms with E-state index in [1.165, 1.54) is 6.92 Å². The maximum atomic E-state index is 10.6. The molecular weight excluding hydrogens is 178 g/mol. The van der Waals surface area contributed by atoms with Crippen LogP contribution in [0.4, 0.5) is 0 Å². The van der Waals surface area contributed by atoms with E-state index in [9.17, 15) is 4.79 Å². The van der Waals surface area contributed by atoms with Crippen LogP contribution in [-0.2, 0) is 16.0 Å². The van der Waals surface area contributed by atoms with Gasteiger partial charge in [-0.25, -0.2) is 0 Å². The molecule has 0 bridgehead atoms. The number of nitriles is 1. The Kier molecular flexibility index (Phi) is 3.69. The molecule has 0 amide bonds.